The number of rotatable bonds is 3. The van der Waals surface area contributed by atoms with Gasteiger partial charge in [0.25, 0.3) is 5.91 Å². The standard InChI is InChI=1S/C9H11ClN2O2/c1-3-14-8-5-6(10)4-7(12-8)9(13)11-2/h4-5H,3H2,1-2H3,(H,11,13). The van der Waals surface area contributed by atoms with Gasteiger partial charge < -0.3 is 10.1 Å². The van der Waals surface area contributed by atoms with E-state index in [0.717, 1.165) is 0 Å². The average molecular weight is 215 g/mol. The van der Waals surface area contributed by atoms with Crippen LogP contribution in [-0.4, -0.2) is 24.5 Å². The van der Waals surface area contributed by atoms with E-state index in [-0.39, 0.29) is 11.6 Å². The Hall–Kier alpha value is -1.29. The zero-order valence-corrected chi connectivity index (χ0v) is 8.76. The van der Waals surface area contributed by atoms with Gasteiger partial charge in [0, 0.05) is 18.1 Å². The molecule has 1 heterocycles. The van der Waals surface area contributed by atoms with E-state index in [0.29, 0.717) is 17.5 Å². The molecule has 0 aliphatic rings. The molecule has 14 heavy (non-hydrogen) atoms. The molecule has 0 fully saturated rings. The molecular formula is C9H11ClN2O2. The number of carbonyl (C=O) groups is 1. The Morgan fingerprint density at radius 1 is 1.64 bits per heavy atom. The number of nitrogens with zero attached hydrogens (tertiary/aromatic N) is 1. The van der Waals surface area contributed by atoms with E-state index in [2.05, 4.69) is 10.3 Å². The second-order valence-corrected chi connectivity index (χ2v) is 2.96. The molecule has 0 saturated carbocycles. The SMILES string of the molecule is CCOc1cc(Cl)cc(C(=O)NC)n1. The summed E-state index contributed by atoms with van der Waals surface area (Å²) in [6.45, 7) is 2.32. The number of nitrogens with one attached hydrogen (secondary N) is 1. The number of carbonyl (C=O) groups excluding carboxylic acids is 1. The highest BCUT2D eigenvalue weighted by atomic mass is 35.5. The van der Waals surface area contributed by atoms with Crippen LogP contribution >= 0.6 is 11.6 Å². The first-order chi connectivity index (χ1) is 6.67. The lowest BCUT2D eigenvalue weighted by atomic mass is 10.3. The lowest BCUT2D eigenvalue weighted by molar-refractivity contribution is 0.0957. The molecule has 0 saturated heterocycles. The van der Waals surface area contributed by atoms with Gasteiger partial charge in [0.2, 0.25) is 5.88 Å². The molecule has 1 rings (SSSR count). The zero-order chi connectivity index (χ0) is 10.6. The van der Waals surface area contributed by atoms with Gasteiger partial charge in [-0.2, -0.15) is 0 Å². The molecule has 1 N–H and O–H groups in total. The van der Waals surface area contributed by atoms with E-state index in [1.54, 1.807) is 6.07 Å². The van der Waals surface area contributed by atoms with Crippen molar-refractivity contribution in [3.8, 4) is 5.88 Å². The minimum atomic E-state index is -0.284. The lowest BCUT2D eigenvalue weighted by Gasteiger charge is -2.04. The van der Waals surface area contributed by atoms with E-state index < -0.39 is 0 Å². The lowest BCUT2D eigenvalue weighted by Crippen LogP contribution is -2.19. The first-order valence-corrected chi connectivity index (χ1v) is 4.57. The Balaban J connectivity index is 3.00. The van der Waals surface area contributed by atoms with Gasteiger partial charge in [-0.1, -0.05) is 11.6 Å². The number of pyridine rings is 1. The molecule has 0 aliphatic heterocycles. The third kappa shape index (κ3) is 2.60. The molecule has 0 atom stereocenters. The molecule has 1 aromatic heterocycles. The smallest absolute Gasteiger partial charge is 0.269 e. The summed E-state index contributed by atoms with van der Waals surface area (Å²) >= 11 is 5.79. The molecule has 0 unspecified atom stereocenters. The monoisotopic (exact) mass is 214 g/mol. The second-order valence-electron chi connectivity index (χ2n) is 2.52. The number of ether oxygens (including phenoxy) is 1. The zero-order valence-electron chi connectivity index (χ0n) is 8.00. The normalized spacial score (nSPS) is 9.64. The third-order valence-electron chi connectivity index (χ3n) is 1.52. The van der Waals surface area contributed by atoms with Crippen LogP contribution in [0.1, 0.15) is 17.4 Å². The van der Waals surface area contributed by atoms with Gasteiger partial charge >= 0.3 is 0 Å². The van der Waals surface area contributed by atoms with Crippen LogP contribution < -0.4 is 10.1 Å². The van der Waals surface area contributed by atoms with Crippen molar-refractivity contribution in [2.75, 3.05) is 13.7 Å². The summed E-state index contributed by atoms with van der Waals surface area (Å²) in [6, 6.07) is 3.06. The number of hydrogen-bond acceptors (Lipinski definition) is 3. The van der Waals surface area contributed by atoms with Crippen molar-refractivity contribution in [3.05, 3.63) is 22.8 Å². The Morgan fingerprint density at radius 2 is 2.36 bits per heavy atom. The van der Waals surface area contributed by atoms with Gasteiger partial charge in [0.15, 0.2) is 0 Å². The van der Waals surface area contributed by atoms with Crippen LogP contribution in [-0.2, 0) is 0 Å². The van der Waals surface area contributed by atoms with E-state index in [1.807, 2.05) is 6.92 Å². The van der Waals surface area contributed by atoms with E-state index in [9.17, 15) is 4.79 Å². The molecule has 0 aromatic carbocycles. The van der Waals surface area contributed by atoms with Gasteiger partial charge in [-0.15, -0.1) is 0 Å². The number of hydrogen-bond donors (Lipinski definition) is 1. The maximum Gasteiger partial charge on any atom is 0.269 e. The summed E-state index contributed by atoms with van der Waals surface area (Å²) in [4.78, 5) is 15.2. The highest BCUT2D eigenvalue weighted by Gasteiger charge is 2.08. The molecular weight excluding hydrogens is 204 g/mol. The second kappa shape index (κ2) is 4.81. The van der Waals surface area contributed by atoms with Crippen LogP contribution in [0, 0.1) is 0 Å². The number of amides is 1. The Bertz CT molecular complexity index is 342. The van der Waals surface area contributed by atoms with Gasteiger partial charge in [-0.3, -0.25) is 4.79 Å². The van der Waals surface area contributed by atoms with Crippen molar-refractivity contribution < 1.29 is 9.53 Å². The van der Waals surface area contributed by atoms with Crippen LogP contribution in [0.4, 0.5) is 0 Å². The molecule has 76 valence electrons. The highest BCUT2D eigenvalue weighted by molar-refractivity contribution is 6.31. The van der Waals surface area contributed by atoms with Crippen LogP contribution in [0.15, 0.2) is 12.1 Å². The van der Waals surface area contributed by atoms with Gasteiger partial charge in [0.1, 0.15) is 5.69 Å². The third-order valence-corrected chi connectivity index (χ3v) is 1.74. The van der Waals surface area contributed by atoms with Gasteiger partial charge in [-0.05, 0) is 13.0 Å². The summed E-state index contributed by atoms with van der Waals surface area (Å²) in [5, 5.41) is 2.89. The fourth-order valence-electron chi connectivity index (χ4n) is 0.940. The Morgan fingerprint density at radius 3 is 2.93 bits per heavy atom. The largest absolute Gasteiger partial charge is 0.478 e. The quantitative estimate of drug-likeness (QED) is 0.830. The van der Waals surface area contributed by atoms with Crippen LogP contribution in [0.3, 0.4) is 0 Å². The predicted octanol–water partition coefficient (Wildman–Crippen LogP) is 1.49. The summed E-state index contributed by atoms with van der Waals surface area (Å²) in [7, 11) is 1.53. The fraction of sp³-hybridized carbons (Fsp3) is 0.333. The summed E-state index contributed by atoms with van der Waals surface area (Å²) in [5.74, 6) is 0.0760. The first kappa shape index (κ1) is 10.8. The maximum absolute atomic E-state index is 11.2. The average Bonchev–Trinajstić information content (AvgIpc) is 2.16. The van der Waals surface area contributed by atoms with Crippen molar-refractivity contribution in [2.45, 2.75) is 6.92 Å². The molecule has 4 nitrogen and oxygen atoms in total. The Labute approximate surface area is 87.2 Å². The molecule has 0 spiro atoms. The molecule has 0 aliphatic carbocycles. The minimum Gasteiger partial charge on any atom is -0.478 e. The molecule has 5 heteroatoms. The molecule has 0 radical (unpaired) electrons. The summed E-state index contributed by atoms with van der Waals surface area (Å²) in [5.41, 5.74) is 0.253. The topological polar surface area (TPSA) is 51.2 Å². The van der Waals surface area contributed by atoms with Crippen LogP contribution in [0.25, 0.3) is 0 Å². The van der Waals surface area contributed by atoms with E-state index >= 15 is 0 Å². The summed E-state index contributed by atoms with van der Waals surface area (Å²) < 4.78 is 5.15. The van der Waals surface area contributed by atoms with Crippen molar-refractivity contribution >= 4 is 17.5 Å². The van der Waals surface area contributed by atoms with E-state index in [1.165, 1.54) is 13.1 Å². The van der Waals surface area contributed by atoms with Crippen molar-refractivity contribution in [1.82, 2.24) is 10.3 Å². The first-order valence-electron chi connectivity index (χ1n) is 4.19. The summed E-state index contributed by atoms with van der Waals surface area (Å²) in [6.07, 6.45) is 0. The van der Waals surface area contributed by atoms with Crippen molar-refractivity contribution in [2.24, 2.45) is 0 Å². The van der Waals surface area contributed by atoms with Crippen molar-refractivity contribution in [3.63, 3.8) is 0 Å². The van der Waals surface area contributed by atoms with Crippen LogP contribution in [0.2, 0.25) is 5.02 Å². The fourth-order valence-corrected chi connectivity index (χ4v) is 1.14. The van der Waals surface area contributed by atoms with Crippen molar-refractivity contribution in [1.29, 1.82) is 0 Å². The number of halogens is 1. The molecule has 0 bridgehead atoms. The molecule has 1 aromatic rings. The predicted molar refractivity (Wildman–Crippen MR) is 53.8 cm³/mol. The van der Waals surface area contributed by atoms with E-state index in [4.69, 9.17) is 16.3 Å². The van der Waals surface area contributed by atoms with Gasteiger partial charge in [0.05, 0.1) is 6.61 Å². The maximum atomic E-state index is 11.2. The Kier molecular flexibility index (Phi) is 3.71. The van der Waals surface area contributed by atoms with Gasteiger partial charge in [-0.25, -0.2) is 4.98 Å². The number of aromatic nitrogens is 1. The highest BCUT2D eigenvalue weighted by Crippen LogP contribution is 2.17. The van der Waals surface area contributed by atoms with Crippen LogP contribution in [0.5, 0.6) is 5.88 Å². The minimum absolute atomic E-state index is 0.253. The molecule has 1 amide bonds.